The van der Waals surface area contributed by atoms with Gasteiger partial charge in [-0.1, -0.05) is 12.1 Å². The Morgan fingerprint density at radius 2 is 1.96 bits per heavy atom. The van der Waals surface area contributed by atoms with Crippen molar-refractivity contribution in [2.75, 3.05) is 0 Å². The van der Waals surface area contributed by atoms with E-state index < -0.39 is 0 Å². The monoisotopic (exact) mass is 382 g/mol. The first-order valence-electron chi connectivity index (χ1n) is 8.35. The van der Waals surface area contributed by atoms with Crippen molar-refractivity contribution < 1.29 is 4.74 Å². The minimum Gasteiger partial charge on any atom is -0.472 e. The van der Waals surface area contributed by atoms with Crippen LogP contribution in [0.3, 0.4) is 0 Å². The Kier molecular flexibility index (Phi) is 4.36. The molecule has 0 aliphatic heterocycles. The summed E-state index contributed by atoms with van der Waals surface area (Å²) in [7, 11) is 1.57. The molecule has 0 saturated carbocycles. The second kappa shape index (κ2) is 6.84. The number of benzene rings is 1. The zero-order chi connectivity index (χ0) is 19.0. The fourth-order valence-corrected chi connectivity index (χ4v) is 3.65. The minimum atomic E-state index is -0.306. The fourth-order valence-electron chi connectivity index (χ4n) is 2.78. The zero-order valence-corrected chi connectivity index (χ0v) is 16.0. The molecular weight excluding hydrogens is 364 g/mol. The van der Waals surface area contributed by atoms with Crippen LogP contribution in [0.25, 0.3) is 10.7 Å². The Balaban J connectivity index is 1.61. The molecule has 0 aliphatic carbocycles. The van der Waals surface area contributed by atoms with E-state index in [2.05, 4.69) is 21.6 Å². The van der Waals surface area contributed by atoms with Gasteiger partial charge in [0.1, 0.15) is 11.6 Å². The van der Waals surface area contributed by atoms with Crippen molar-refractivity contribution in [2.45, 2.75) is 20.5 Å². The summed E-state index contributed by atoms with van der Waals surface area (Å²) in [6, 6.07) is 9.56. The first kappa shape index (κ1) is 17.2. The van der Waals surface area contributed by atoms with E-state index in [1.54, 1.807) is 23.1 Å². The molecule has 4 rings (SSSR count). The van der Waals surface area contributed by atoms with Crippen molar-refractivity contribution in [2.24, 2.45) is 7.05 Å². The van der Waals surface area contributed by atoms with Crippen molar-refractivity contribution in [3.63, 3.8) is 0 Å². The quantitative estimate of drug-likeness (QED) is 0.530. The third kappa shape index (κ3) is 3.17. The van der Waals surface area contributed by atoms with Gasteiger partial charge in [0.05, 0.1) is 5.69 Å². The SMILES string of the molecule is Cc1ccsc1-n1ccc(OCc2c(C)cccc2-n2nnn(C)c2=O)n1. The predicted molar refractivity (Wildman–Crippen MR) is 102 cm³/mol. The highest BCUT2D eigenvalue weighted by Crippen LogP contribution is 2.23. The third-order valence-corrected chi connectivity index (χ3v) is 5.31. The molecule has 0 fully saturated rings. The first-order chi connectivity index (χ1) is 13.0. The van der Waals surface area contributed by atoms with Crippen LogP contribution in [0.1, 0.15) is 16.7 Å². The van der Waals surface area contributed by atoms with Crippen molar-refractivity contribution in [3.05, 3.63) is 69.1 Å². The van der Waals surface area contributed by atoms with Gasteiger partial charge in [-0.25, -0.2) is 9.48 Å². The van der Waals surface area contributed by atoms with E-state index in [4.69, 9.17) is 4.74 Å². The summed E-state index contributed by atoms with van der Waals surface area (Å²) in [5.41, 5.74) is 3.37. The number of nitrogens with zero attached hydrogens (tertiary/aromatic N) is 6. The summed E-state index contributed by atoms with van der Waals surface area (Å²) in [6.45, 7) is 4.29. The van der Waals surface area contributed by atoms with E-state index in [1.807, 2.05) is 49.7 Å². The van der Waals surface area contributed by atoms with Crippen LogP contribution in [-0.4, -0.2) is 29.6 Å². The molecule has 27 heavy (non-hydrogen) atoms. The van der Waals surface area contributed by atoms with Crippen molar-refractivity contribution in [1.82, 2.24) is 29.6 Å². The highest BCUT2D eigenvalue weighted by atomic mass is 32.1. The van der Waals surface area contributed by atoms with Gasteiger partial charge in [-0.15, -0.1) is 16.4 Å². The summed E-state index contributed by atoms with van der Waals surface area (Å²) >= 11 is 1.63. The highest BCUT2D eigenvalue weighted by Gasteiger charge is 2.14. The van der Waals surface area contributed by atoms with Crippen LogP contribution in [0, 0.1) is 13.8 Å². The molecule has 8 nitrogen and oxygen atoms in total. The average molecular weight is 382 g/mol. The van der Waals surface area contributed by atoms with Gasteiger partial charge < -0.3 is 4.74 Å². The predicted octanol–water partition coefficient (Wildman–Crippen LogP) is 2.41. The number of hydrogen-bond acceptors (Lipinski definition) is 6. The fraction of sp³-hybridized carbons (Fsp3) is 0.222. The smallest absolute Gasteiger partial charge is 0.368 e. The summed E-state index contributed by atoms with van der Waals surface area (Å²) in [5, 5.41) is 15.3. The third-order valence-electron chi connectivity index (χ3n) is 4.31. The standard InChI is InChI=1S/C18H18N6O2S/c1-12-5-4-6-15(24-18(25)22(3)20-21-24)14(12)11-26-16-7-9-23(19-16)17-13(2)8-10-27-17/h4-10H,11H2,1-3H3. The Bertz CT molecular complexity index is 1150. The van der Waals surface area contributed by atoms with E-state index >= 15 is 0 Å². The number of hydrogen-bond donors (Lipinski definition) is 0. The average Bonchev–Trinajstić information content (AvgIpc) is 3.36. The molecule has 4 aromatic rings. The van der Waals surface area contributed by atoms with Crippen LogP contribution >= 0.6 is 11.3 Å². The largest absolute Gasteiger partial charge is 0.472 e. The molecule has 0 amide bonds. The van der Waals surface area contributed by atoms with E-state index in [1.165, 1.54) is 9.36 Å². The molecule has 0 spiro atoms. The molecule has 1 aromatic carbocycles. The normalized spacial score (nSPS) is 11.1. The van der Waals surface area contributed by atoms with Crippen LogP contribution < -0.4 is 10.4 Å². The van der Waals surface area contributed by atoms with E-state index in [9.17, 15) is 4.79 Å². The van der Waals surface area contributed by atoms with Gasteiger partial charge in [-0.2, -0.15) is 9.36 Å². The molecule has 9 heteroatoms. The lowest BCUT2D eigenvalue weighted by Gasteiger charge is -2.11. The molecule has 0 bridgehead atoms. The maximum atomic E-state index is 12.2. The summed E-state index contributed by atoms with van der Waals surface area (Å²) in [5.74, 6) is 0.517. The van der Waals surface area contributed by atoms with Gasteiger partial charge in [-0.3, -0.25) is 0 Å². The van der Waals surface area contributed by atoms with Gasteiger partial charge in [-0.05, 0) is 52.9 Å². The molecule has 3 aromatic heterocycles. The van der Waals surface area contributed by atoms with Crippen LogP contribution in [0.4, 0.5) is 0 Å². The van der Waals surface area contributed by atoms with E-state index in [-0.39, 0.29) is 12.3 Å². The van der Waals surface area contributed by atoms with E-state index in [0.29, 0.717) is 11.6 Å². The molecule has 0 N–H and O–H groups in total. The second-order valence-electron chi connectivity index (χ2n) is 6.17. The lowest BCUT2D eigenvalue weighted by Crippen LogP contribution is -2.23. The first-order valence-corrected chi connectivity index (χ1v) is 9.23. The van der Waals surface area contributed by atoms with Gasteiger partial charge in [0.25, 0.3) is 0 Å². The minimum absolute atomic E-state index is 0.269. The molecule has 3 heterocycles. The van der Waals surface area contributed by atoms with Gasteiger partial charge in [0, 0.05) is 24.9 Å². The molecule has 0 unspecified atom stereocenters. The second-order valence-corrected chi connectivity index (χ2v) is 7.06. The zero-order valence-electron chi connectivity index (χ0n) is 15.2. The number of aromatic nitrogens is 6. The molecule has 0 aliphatic rings. The number of tetrazole rings is 1. The van der Waals surface area contributed by atoms with Crippen molar-refractivity contribution in [1.29, 1.82) is 0 Å². The number of ether oxygens (including phenoxy) is 1. The number of thiophene rings is 1. The lowest BCUT2D eigenvalue weighted by molar-refractivity contribution is 0.290. The van der Waals surface area contributed by atoms with Crippen molar-refractivity contribution >= 4 is 11.3 Å². The maximum Gasteiger partial charge on any atom is 0.368 e. The van der Waals surface area contributed by atoms with Crippen LogP contribution in [0.2, 0.25) is 0 Å². The van der Waals surface area contributed by atoms with Gasteiger partial charge in [0.15, 0.2) is 0 Å². The molecule has 0 saturated heterocycles. The lowest BCUT2D eigenvalue weighted by atomic mass is 10.1. The van der Waals surface area contributed by atoms with Gasteiger partial charge in [0.2, 0.25) is 5.88 Å². The van der Waals surface area contributed by atoms with E-state index in [0.717, 1.165) is 21.7 Å². The molecule has 138 valence electrons. The summed E-state index contributed by atoms with van der Waals surface area (Å²) in [6.07, 6.45) is 1.88. The van der Waals surface area contributed by atoms with Crippen molar-refractivity contribution in [3.8, 4) is 16.6 Å². The van der Waals surface area contributed by atoms with Crippen LogP contribution in [0.15, 0.2) is 46.7 Å². The number of rotatable bonds is 5. The highest BCUT2D eigenvalue weighted by molar-refractivity contribution is 7.12. The molecule has 0 atom stereocenters. The Labute approximate surface area is 159 Å². The topological polar surface area (TPSA) is 79.8 Å². The summed E-state index contributed by atoms with van der Waals surface area (Å²) < 4.78 is 10.2. The Morgan fingerprint density at radius 3 is 2.67 bits per heavy atom. The van der Waals surface area contributed by atoms with Gasteiger partial charge >= 0.3 is 5.69 Å². The summed E-state index contributed by atoms with van der Waals surface area (Å²) in [4.78, 5) is 12.2. The molecule has 0 radical (unpaired) electrons. The number of aryl methyl sites for hydroxylation is 3. The Hall–Kier alpha value is -3.20. The van der Waals surface area contributed by atoms with Crippen LogP contribution in [-0.2, 0) is 13.7 Å². The molecular formula is C18H18N6O2S. The maximum absolute atomic E-state index is 12.2. The van der Waals surface area contributed by atoms with Crippen LogP contribution in [0.5, 0.6) is 5.88 Å². The Morgan fingerprint density at radius 1 is 1.11 bits per heavy atom.